The van der Waals surface area contributed by atoms with Crippen molar-refractivity contribution in [2.24, 2.45) is 0 Å². The first kappa shape index (κ1) is 17.4. The van der Waals surface area contributed by atoms with E-state index in [-0.39, 0.29) is 5.82 Å². The van der Waals surface area contributed by atoms with Crippen molar-refractivity contribution in [3.63, 3.8) is 0 Å². The van der Waals surface area contributed by atoms with Gasteiger partial charge >= 0.3 is 6.03 Å². The molecular formula is C13H20FN3O3S. The molecule has 0 unspecified atom stereocenters. The number of nitrogens with zero attached hydrogens (tertiary/aromatic N) is 1. The molecule has 1 rings (SSSR count). The summed E-state index contributed by atoms with van der Waals surface area (Å²) >= 11 is 0. The normalized spacial score (nSPS) is 11.4. The quantitative estimate of drug-likeness (QED) is 0.750. The monoisotopic (exact) mass is 317 g/mol. The Morgan fingerprint density at radius 1 is 1.29 bits per heavy atom. The minimum absolute atomic E-state index is 0.346. The van der Waals surface area contributed by atoms with Crippen molar-refractivity contribution < 1.29 is 17.6 Å². The van der Waals surface area contributed by atoms with Crippen LogP contribution in [0.15, 0.2) is 24.3 Å². The zero-order valence-corrected chi connectivity index (χ0v) is 12.9. The Kier molecular flexibility index (Phi) is 6.57. The van der Waals surface area contributed by atoms with Crippen molar-refractivity contribution in [1.82, 2.24) is 9.62 Å². The number of hydrogen-bond acceptors (Lipinski definition) is 3. The van der Waals surface area contributed by atoms with Gasteiger partial charge in [0.15, 0.2) is 0 Å². The van der Waals surface area contributed by atoms with Crippen molar-refractivity contribution >= 4 is 21.7 Å². The van der Waals surface area contributed by atoms with E-state index in [2.05, 4.69) is 10.6 Å². The minimum Gasteiger partial charge on any atom is -0.338 e. The maximum Gasteiger partial charge on any atom is 0.319 e. The van der Waals surface area contributed by atoms with Crippen molar-refractivity contribution in [1.29, 1.82) is 0 Å². The van der Waals surface area contributed by atoms with Crippen LogP contribution in [0.3, 0.4) is 0 Å². The highest BCUT2D eigenvalue weighted by atomic mass is 32.2. The lowest BCUT2D eigenvalue weighted by atomic mass is 10.3. The molecule has 1 aromatic rings. The number of halogens is 1. The van der Waals surface area contributed by atoms with Crippen LogP contribution in [0, 0.1) is 5.82 Å². The number of nitrogens with one attached hydrogen (secondary N) is 2. The molecule has 1 aromatic carbocycles. The fraction of sp³-hybridized carbons (Fsp3) is 0.462. The number of urea groups is 1. The smallest absolute Gasteiger partial charge is 0.319 e. The van der Waals surface area contributed by atoms with Gasteiger partial charge in [-0.3, -0.25) is 0 Å². The number of amides is 2. The molecule has 0 aromatic heterocycles. The lowest BCUT2D eigenvalue weighted by Crippen LogP contribution is -2.34. The van der Waals surface area contributed by atoms with Crippen LogP contribution in [0.5, 0.6) is 0 Å². The third kappa shape index (κ3) is 6.54. The van der Waals surface area contributed by atoms with Gasteiger partial charge < -0.3 is 10.6 Å². The van der Waals surface area contributed by atoms with Crippen LogP contribution in [0.25, 0.3) is 0 Å². The number of carbonyl (C=O) groups excluding carboxylic acids is 1. The molecule has 0 heterocycles. The van der Waals surface area contributed by atoms with Crippen molar-refractivity contribution in [2.75, 3.05) is 31.2 Å². The van der Waals surface area contributed by atoms with Crippen LogP contribution < -0.4 is 10.6 Å². The van der Waals surface area contributed by atoms with E-state index < -0.39 is 16.1 Å². The van der Waals surface area contributed by atoms with E-state index >= 15 is 0 Å². The number of anilines is 1. The van der Waals surface area contributed by atoms with E-state index in [0.717, 1.165) is 6.26 Å². The Morgan fingerprint density at radius 2 is 1.90 bits per heavy atom. The Labute approximate surface area is 124 Å². The molecule has 0 saturated heterocycles. The Morgan fingerprint density at radius 3 is 2.43 bits per heavy atom. The molecular weight excluding hydrogens is 297 g/mol. The number of sulfonamides is 1. The molecule has 21 heavy (non-hydrogen) atoms. The summed E-state index contributed by atoms with van der Waals surface area (Å²) in [7, 11) is -3.20. The van der Waals surface area contributed by atoms with Crippen LogP contribution >= 0.6 is 0 Å². The van der Waals surface area contributed by atoms with Gasteiger partial charge in [-0.1, -0.05) is 6.92 Å². The molecule has 0 atom stereocenters. The van der Waals surface area contributed by atoms with Crippen molar-refractivity contribution in [2.45, 2.75) is 13.3 Å². The van der Waals surface area contributed by atoms with Crippen LogP contribution in [0.2, 0.25) is 0 Å². The van der Waals surface area contributed by atoms with Gasteiger partial charge in [-0.15, -0.1) is 0 Å². The average Bonchev–Trinajstić information content (AvgIpc) is 2.40. The molecule has 0 radical (unpaired) electrons. The first-order valence-corrected chi connectivity index (χ1v) is 8.43. The second kappa shape index (κ2) is 7.94. The number of hydrogen-bond donors (Lipinski definition) is 2. The maximum absolute atomic E-state index is 12.7. The standard InChI is InChI=1S/C13H20FN3O3S/c1-3-17(21(2,19)20)10-4-9-15-13(18)16-12-7-5-11(14)6-8-12/h5-8H,3-4,9-10H2,1-2H3,(H2,15,16,18). The van der Waals surface area contributed by atoms with Crippen LogP contribution in [0.4, 0.5) is 14.9 Å². The second-order valence-electron chi connectivity index (χ2n) is 4.50. The lowest BCUT2D eigenvalue weighted by Gasteiger charge is -2.17. The predicted molar refractivity (Wildman–Crippen MR) is 80.1 cm³/mol. The molecule has 0 aliphatic rings. The van der Waals surface area contributed by atoms with Gasteiger partial charge in [-0.25, -0.2) is 21.9 Å². The summed E-state index contributed by atoms with van der Waals surface area (Å²) in [6, 6.07) is 5.00. The maximum atomic E-state index is 12.7. The van der Waals surface area contributed by atoms with Gasteiger partial charge in [0, 0.05) is 25.3 Å². The molecule has 0 saturated carbocycles. The highest BCUT2D eigenvalue weighted by Gasteiger charge is 2.13. The van der Waals surface area contributed by atoms with Crippen LogP contribution in [-0.2, 0) is 10.0 Å². The van der Waals surface area contributed by atoms with Gasteiger partial charge in [-0.05, 0) is 30.7 Å². The van der Waals surface area contributed by atoms with Crippen molar-refractivity contribution in [3.05, 3.63) is 30.1 Å². The molecule has 0 bridgehead atoms. The van der Waals surface area contributed by atoms with Gasteiger partial charge in [0.25, 0.3) is 0 Å². The van der Waals surface area contributed by atoms with E-state index in [9.17, 15) is 17.6 Å². The Bertz CT molecular complexity index is 561. The summed E-state index contributed by atoms with van der Waals surface area (Å²) in [5.74, 6) is -0.374. The summed E-state index contributed by atoms with van der Waals surface area (Å²) in [6.45, 7) is 2.86. The molecule has 0 fully saturated rings. The SMILES string of the molecule is CCN(CCCNC(=O)Nc1ccc(F)cc1)S(C)(=O)=O. The summed E-state index contributed by atoms with van der Waals surface area (Å²) in [5, 5.41) is 5.16. The molecule has 6 nitrogen and oxygen atoms in total. The number of benzene rings is 1. The molecule has 0 spiro atoms. The molecule has 2 amide bonds. The van der Waals surface area contributed by atoms with Gasteiger partial charge in [0.1, 0.15) is 5.82 Å². The molecule has 0 aliphatic heterocycles. The summed E-state index contributed by atoms with van der Waals surface area (Å²) in [4.78, 5) is 11.6. The second-order valence-corrected chi connectivity index (χ2v) is 6.48. The zero-order chi connectivity index (χ0) is 15.9. The topological polar surface area (TPSA) is 78.5 Å². The largest absolute Gasteiger partial charge is 0.338 e. The summed E-state index contributed by atoms with van der Waals surface area (Å²) in [6.07, 6.45) is 1.67. The molecule has 2 N–H and O–H groups in total. The zero-order valence-electron chi connectivity index (χ0n) is 12.1. The van der Waals surface area contributed by atoms with Crippen LogP contribution in [-0.4, -0.2) is 44.6 Å². The lowest BCUT2D eigenvalue weighted by molar-refractivity contribution is 0.251. The Hall–Kier alpha value is -1.67. The average molecular weight is 317 g/mol. The fourth-order valence-electron chi connectivity index (χ4n) is 1.72. The number of carbonyl (C=O) groups is 1. The highest BCUT2D eigenvalue weighted by molar-refractivity contribution is 7.88. The molecule has 0 aliphatic carbocycles. The van der Waals surface area contributed by atoms with E-state index in [1.165, 1.54) is 28.6 Å². The predicted octanol–water partition coefficient (Wildman–Crippen LogP) is 1.62. The van der Waals surface area contributed by atoms with Crippen LogP contribution in [0.1, 0.15) is 13.3 Å². The van der Waals surface area contributed by atoms with Gasteiger partial charge in [0.05, 0.1) is 6.26 Å². The molecule has 8 heteroatoms. The van der Waals surface area contributed by atoms with Gasteiger partial charge in [0.2, 0.25) is 10.0 Å². The third-order valence-electron chi connectivity index (χ3n) is 2.79. The summed E-state index contributed by atoms with van der Waals surface area (Å²) in [5.41, 5.74) is 0.486. The first-order valence-electron chi connectivity index (χ1n) is 6.58. The van der Waals surface area contributed by atoms with Crippen molar-refractivity contribution in [3.8, 4) is 0 Å². The van der Waals surface area contributed by atoms with E-state index in [4.69, 9.17) is 0 Å². The molecule has 118 valence electrons. The summed E-state index contributed by atoms with van der Waals surface area (Å²) < 4.78 is 36.7. The highest BCUT2D eigenvalue weighted by Crippen LogP contribution is 2.07. The van der Waals surface area contributed by atoms with E-state index in [0.29, 0.717) is 31.7 Å². The van der Waals surface area contributed by atoms with E-state index in [1.54, 1.807) is 6.92 Å². The van der Waals surface area contributed by atoms with E-state index in [1.807, 2.05) is 0 Å². The third-order valence-corrected chi connectivity index (χ3v) is 4.17. The van der Waals surface area contributed by atoms with Gasteiger partial charge in [-0.2, -0.15) is 0 Å². The fourth-order valence-corrected chi connectivity index (χ4v) is 2.65. The Balaban J connectivity index is 2.29. The minimum atomic E-state index is -3.20. The first-order chi connectivity index (χ1) is 9.82. The number of rotatable bonds is 7.